The van der Waals surface area contributed by atoms with Gasteiger partial charge in [-0.25, -0.2) is 13.1 Å². The Morgan fingerprint density at radius 3 is 2.18 bits per heavy atom. The van der Waals surface area contributed by atoms with Crippen LogP contribution in [-0.2, 0) is 14.8 Å². The molecule has 0 aromatic carbocycles. The molecule has 0 heterocycles. The Hall–Kier alpha value is -0.170. The fraction of sp³-hybridized carbons (Fsp3) is 1.00. The highest BCUT2D eigenvalue weighted by Gasteiger charge is 2.24. The summed E-state index contributed by atoms with van der Waals surface area (Å²) in [5.74, 6) is 0. The molecule has 0 radical (unpaired) electrons. The van der Waals surface area contributed by atoms with Gasteiger partial charge < -0.3 is 10.1 Å². The predicted molar refractivity (Wildman–Crippen MR) is 70.6 cm³/mol. The normalized spacial score (nSPS) is 15.2. The topological polar surface area (TPSA) is 67.4 Å². The molecule has 0 fully saturated rings. The highest BCUT2D eigenvalue weighted by Crippen LogP contribution is 2.07. The van der Waals surface area contributed by atoms with Gasteiger partial charge in [-0.3, -0.25) is 0 Å². The van der Waals surface area contributed by atoms with Crippen LogP contribution < -0.4 is 10.0 Å². The van der Waals surface area contributed by atoms with Crippen LogP contribution >= 0.6 is 0 Å². The molecular weight excluding hydrogens is 240 g/mol. The maximum absolute atomic E-state index is 11.9. The molecule has 1 unspecified atom stereocenters. The zero-order valence-corrected chi connectivity index (χ0v) is 12.5. The first-order chi connectivity index (χ1) is 7.60. The summed E-state index contributed by atoms with van der Waals surface area (Å²) in [4.78, 5) is 0. The third-order valence-corrected chi connectivity index (χ3v) is 4.37. The molecular formula is C11H26N2O3S. The number of hydrogen-bond acceptors (Lipinski definition) is 4. The molecule has 2 N–H and O–H groups in total. The lowest BCUT2D eigenvalue weighted by atomic mass is 10.1. The third-order valence-electron chi connectivity index (χ3n) is 2.59. The molecule has 5 nitrogen and oxygen atoms in total. The minimum absolute atomic E-state index is 0.276. The van der Waals surface area contributed by atoms with E-state index in [2.05, 4.69) is 10.0 Å². The average Bonchev–Trinajstić information content (AvgIpc) is 2.23. The van der Waals surface area contributed by atoms with E-state index >= 15 is 0 Å². The number of rotatable bonds is 8. The van der Waals surface area contributed by atoms with E-state index in [9.17, 15) is 8.42 Å². The molecule has 0 saturated carbocycles. The lowest BCUT2D eigenvalue weighted by Gasteiger charge is -2.24. The standard InChI is InChI=1S/C11H26N2O3S/c1-9(2)12-7-10(3)17(14,15)13-8-11(4,5)16-6/h9-10,12-13H,7-8H2,1-6H3. The second kappa shape index (κ2) is 6.68. The van der Waals surface area contributed by atoms with Crippen molar-refractivity contribution in [1.82, 2.24) is 10.0 Å². The van der Waals surface area contributed by atoms with E-state index in [-0.39, 0.29) is 12.6 Å². The van der Waals surface area contributed by atoms with E-state index in [0.29, 0.717) is 6.54 Å². The monoisotopic (exact) mass is 266 g/mol. The summed E-state index contributed by atoms with van der Waals surface area (Å²) < 4.78 is 31.5. The zero-order chi connectivity index (χ0) is 13.7. The highest BCUT2D eigenvalue weighted by molar-refractivity contribution is 7.90. The Kier molecular flexibility index (Phi) is 6.61. The molecule has 0 amide bonds. The Morgan fingerprint density at radius 1 is 1.24 bits per heavy atom. The molecule has 0 rings (SSSR count). The summed E-state index contributed by atoms with van der Waals surface area (Å²) in [6.45, 7) is 10.1. The largest absolute Gasteiger partial charge is 0.377 e. The molecule has 17 heavy (non-hydrogen) atoms. The van der Waals surface area contributed by atoms with Gasteiger partial charge in [0, 0.05) is 26.2 Å². The Morgan fingerprint density at radius 2 is 1.76 bits per heavy atom. The first-order valence-electron chi connectivity index (χ1n) is 5.88. The SMILES string of the molecule is COC(C)(C)CNS(=O)(=O)C(C)CNC(C)C. The molecule has 0 aliphatic heterocycles. The lowest BCUT2D eigenvalue weighted by molar-refractivity contribution is 0.0276. The molecule has 0 aliphatic carbocycles. The molecule has 104 valence electrons. The van der Waals surface area contributed by atoms with Gasteiger partial charge in [-0.05, 0) is 20.8 Å². The van der Waals surface area contributed by atoms with E-state index in [4.69, 9.17) is 4.74 Å². The quantitative estimate of drug-likeness (QED) is 0.679. The van der Waals surface area contributed by atoms with Crippen molar-refractivity contribution in [3.8, 4) is 0 Å². The summed E-state index contributed by atoms with van der Waals surface area (Å²) in [7, 11) is -1.72. The van der Waals surface area contributed by atoms with E-state index in [1.54, 1.807) is 14.0 Å². The Labute approximate surface area is 105 Å². The van der Waals surface area contributed by atoms with E-state index in [1.807, 2.05) is 27.7 Å². The second-order valence-corrected chi connectivity index (χ2v) is 7.39. The molecule has 0 aromatic rings. The van der Waals surface area contributed by atoms with Crippen molar-refractivity contribution in [2.75, 3.05) is 20.2 Å². The van der Waals surface area contributed by atoms with Crippen LogP contribution in [0, 0.1) is 0 Å². The van der Waals surface area contributed by atoms with Gasteiger partial charge in [0.25, 0.3) is 0 Å². The summed E-state index contributed by atoms with van der Waals surface area (Å²) in [6, 6.07) is 0.281. The van der Waals surface area contributed by atoms with Gasteiger partial charge in [0.1, 0.15) is 0 Å². The van der Waals surface area contributed by atoms with Gasteiger partial charge in [-0.1, -0.05) is 13.8 Å². The maximum Gasteiger partial charge on any atom is 0.215 e. The van der Waals surface area contributed by atoms with Gasteiger partial charge in [0.2, 0.25) is 10.0 Å². The summed E-state index contributed by atoms with van der Waals surface area (Å²) in [5.41, 5.74) is -0.488. The van der Waals surface area contributed by atoms with E-state index in [0.717, 1.165) is 0 Å². The van der Waals surface area contributed by atoms with Crippen molar-refractivity contribution < 1.29 is 13.2 Å². The third kappa shape index (κ3) is 6.98. The van der Waals surface area contributed by atoms with Gasteiger partial charge >= 0.3 is 0 Å². The number of nitrogens with one attached hydrogen (secondary N) is 2. The number of ether oxygens (including phenoxy) is 1. The summed E-state index contributed by atoms with van der Waals surface area (Å²) >= 11 is 0. The van der Waals surface area contributed by atoms with Crippen molar-refractivity contribution in [2.24, 2.45) is 0 Å². The molecule has 0 bridgehead atoms. The first kappa shape index (κ1) is 16.8. The molecule has 6 heteroatoms. The summed E-state index contributed by atoms with van der Waals surface area (Å²) in [6.07, 6.45) is 0. The van der Waals surface area contributed by atoms with Crippen molar-refractivity contribution in [2.45, 2.75) is 51.5 Å². The van der Waals surface area contributed by atoms with Crippen molar-refractivity contribution >= 4 is 10.0 Å². The van der Waals surface area contributed by atoms with Crippen LogP contribution in [0.1, 0.15) is 34.6 Å². The van der Waals surface area contributed by atoms with Crippen LogP contribution in [0.3, 0.4) is 0 Å². The fourth-order valence-corrected chi connectivity index (χ4v) is 2.15. The average molecular weight is 266 g/mol. The first-order valence-corrected chi connectivity index (χ1v) is 7.42. The molecule has 0 aromatic heterocycles. The van der Waals surface area contributed by atoms with Gasteiger partial charge in [-0.15, -0.1) is 0 Å². The Balaban J connectivity index is 4.28. The van der Waals surface area contributed by atoms with Crippen LogP contribution in [-0.4, -0.2) is 45.5 Å². The fourth-order valence-electron chi connectivity index (χ4n) is 1.00. The van der Waals surface area contributed by atoms with Crippen LogP contribution in [0.2, 0.25) is 0 Å². The summed E-state index contributed by atoms with van der Waals surface area (Å²) in [5, 5.41) is 2.65. The minimum Gasteiger partial charge on any atom is -0.377 e. The predicted octanol–water partition coefficient (Wildman–Crippen LogP) is 0.717. The molecule has 0 saturated heterocycles. The number of sulfonamides is 1. The van der Waals surface area contributed by atoms with E-state index < -0.39 is 20.9 Å². The van der Waals surface area contributed by atoms with Gasteiger partial charge in [0.15, 0.2) is 0 Å². The number of hydrogen-bond donors (Lipinski definition) is 2. The van der Waals surface area contributed by atoms with Crippen molar-refractivity contribution in [3.05, 3.63) is 0 Å². The smallest absolute Gasteiger partial charge is 0.215 e. The molecule has 1 atom stereocenters. The van der Waals surface area contributed by atoms with E-state index in [1.165, 1.54) is 0 Å². The van der Waals surface area contributed by atoms with Gasteiger partial charge in [-0.2, -0.15) is 0 Å². The van der Waals surface area contributed by atoms with Crippen molar-refractivity contribution in [3.63, 3.8) is 0 Å². The van der Waals surface area contributed by atoms with Crippen LogP contribution in [0.5, 0.6) is 0 Å². The van der Waals surface area contributed by atoms with Crippen LogP contribution in [0.4, 0.5) is 0 Å². The lowest BCUT2D eigenvalue weighted by Crippen LogP contribution is -2.45. The van der Waals surface area contributed by atoms with Gasteiger partial charge in [0.05, 0.1) is 10.9 Å². The second-order valence-electron chi connectivity index (χ2n) is 5.20. The van der Waals surface area contributed by atoms with Crippen LogP contribution in [0.25, 0.3) is 0 Å². The minimum atomic E-state index is -3.29. The van der Waals surface area contributed by atoms with Crippen LogP contribution in [0.15, 0.2) is 0 Å². The zero-order valence-electron chi connectivity index (χ0n) is 11.7. The maximum atomic E-state index is 11.9. The Bertz CT molecular complexity index is 313. The highest BCUT2D eigenvalue weighted by atomic mass is 32.2. The number of methoxy groups -OCH3 is 1. The molecule has 0 aliphatic rings. The molecule has 0 spiro atoms. The van der Waals surface area contributed by atoms with Crippen molar-refractivity contribution in [1.29, 1.82) is 0 Å².